The summed E-state index contributed by atoms with van der Waals surface area (Å²) in [6, 6.07) is 15.8. The molecule has 0 radical (unpaired) electrons. The van der Waals surface area contributed by atoms with Gasteiger partial charge in [0.05, 0.1) is 18.1 Å². The number of fused-ring (bicyclic) bond motifs is 1. The van der Waals surface area contributed by atoms with Gasteiger partial charge in [0.25, 0.3) is 0 Å². The van der Waals surface area contributed by atoms with Crippen LogP contribution < -0.4 is 5.32 Å². The molecule has 0 heterocycles. The molecule has 0 bridgehead atoms. The number of aryl methyl sites for hydroxylation is 2. The first-order valence-electron chi connectivity index (χ1n) is 8.11. The van der Waals surface area contributed by atoms with E-state index >= 15 is 0 Å². The Bertz CT molecular complexity index is 741. The maximum atomic E-state index is 12.1. The normalized spacial score (nSPS) is 13.0. The zero-order chi connectivity index (χ0) is 16.1. The third-order valence-corrected chi connectivity index (χ3v) is 4.35. The summed E-state index contributed by atoms with van der Waals surface area (Å²) in [4.78, 5) is 12.1. The van der Waals surface area contributed by atoms with Gasteiger partial charge in [0.15, 0.2) is 0 Å². The fourth-order valence-electron chi connectivity index (χ4n) is 3.04. The van der Waals surface area contributed by atoms with E-state index in [2.05, 4.69) is 29.6 Å². The summed E-state index contributed by atoms with van der Waals surface area (Å²) < 4.78 is 0. The monoisotopic (exact) mass is 304 g/mol. The highest BCUT2D eigenvalue weighted by Gasteiger charge is 2.11. The van der Waals surface area contributed by atoms with E-state index in [1.54, 1.807) is 12.1 Å². The Labute approximate surface area is 137 Å². The van der Waals surface area contributed by atoms with Gasteiger partial charge in [-0.1, -0.05) is 30.3 Å². The van der Waals surface area contributed by atoms with Crippen molar-refractivity contribution in [2.24, 2.45) is 0 Å². The molecule has 0 saturated carbocycles. The molecule has 3 nitrogen and oxygen atoms in total. The average molecular weight is 304 g/mol. The Kier molecular flexibility index (Phi) is 4.73. The van der Waals surface area contributed by atoms with Crippen molar-refractivity contribution in [3.63, 3.8) is 0 Å². The number of hydrogen-bond donors (Lipinski definition) is 1. The molecule has 0 aliphatic heterocycles. The predicted octanol–water partition coefficient (Wildman–Crippen LogP) is 3.30. The van der Waals surface area contributed by atoms with Crippen LogP contribution in [0.25, 0.3) is 0 Å². The van der Waals surface area contributed by atoms with Gasteiger partial charge in [-0.3, -0.25) is 4.79 Å². The van der Waals surface area contributed by atoms with E-state index in [0.717, 1.165) is 17.5 Å². The highest BCUT2D eigenvalue weighted by molar-refractivity contribution is 5.78. The second-order valence-corrected chi connectivity index (χ2v) is 6.07. The van der Waals surface area contributed by atoms with Crippen LogP contribution in [0.2, 0.25) is 0 Å². The second-order valence-electron chi connectivity index (χ2n) is 6.07. The molecule has 0 saturated heterocycles. The van der Waals surface area contributed by atoms with E-state index in [9.17, 15) is 4.79 Å². The third kappa shape index (κ3) is 3.98. The molecular weight excluding hydrogens is 284 g/mol. The van der Waals surface area contributed by atoms with E-state index < -0.39 is 0 Å². The van der Waals surface area contributed by atoms with E-state index in [1.165, 1.54) is 30.4 Å². The van der Waals surface area contributed by atoms with Crippen LogP contribution in [0.1, 0.15) is 40.7 Å². The van der Waals surface area contributed by atoms with Gasteiger partial charge in [0, 0.05) is 6.54 Å². The molecule has 1 aliphatic carbocycles. The van der Waals surface area contributed by atoms with E-state index in [-0.39, 0.29) is 5.91 Å². The van der Waals surface area contributed by atoms with Crippen molar-refractivity contribution >= 4 is 5.91 Å². The smallest absolute Gasteiger partial charge is 0.224 e. The highest BCUT2D eigenvalue weighted by atomic mass is 16.1. The summed E-state index contributed by atoms with van der Waals surface area (Å²) >= 11 is 0. The van der Waals surface area contributed by atoms with E-state index in [1.807, 2.05) is 12.1 Å². The van der Waals surface area contributed by atoms with Crippen molar-refractivity contribution in [1.82, 2.24) is 5.32 Å². The van der Waals surface area contributed by atoms with Gasteiger partial charge in [-0.2, -0.15) is 5.26 Å². The van der Waals surface area contributed by atoms with Crippen molar-refractivity contribution in [3.05, 3.63) is 70.3 Å². The van der Waals surface area contributed by atoms with Gasteiger partial charge in [0.1, 0.15) is 0 Å². The maximum Gasteiger partial charge on any atom is 0.224 e. The average Bonchev–Trinajstić information content (AvgIpc) is 2.60. The third-order valence-electron chi connectivity index (χ3n) is 4.35. The van der Waals surface area contributed by atoms with Crippen LogP contribution in [-0.2, 0) is 30.6 Å². The molecule has 0 unspecified atom stereocenters. The van der Waals surface area contributed by atoms with Gasteiger partial charge in [-0.05, 0) is 60.1 Å². The van der Waals surface area contributed by atoms with Gasteiger partial charge >= 0.3 is 0 Å². The van der Waals surface area contributed by atoms with Crippen molar-refractivity contribution in [2.75, 3.05) is 0 Å². The van der Waals surface area contributed by atoms with Crippen molar-refractivity contribution in [3.8, 4) is 6.07 Å². The zero-order valence-corrected chi connectivity index (χ0v) is 13.1. The fraction of sp³-hybridized carbons (Fsp3) is 0.300. The van der Waals surface area contributed by atoms with Gasteiger partial charge in [-0.15, -0.1) is 0 Å². The molecule has 2 aromatic carbocycles. The van der Waals surface area contributed by atoms with Gasteiger partial charge < -0.3 is 5.32 Å². The lowest BCUT2D eigenvalue weighted by Crippen LogP contribution is -2.24. The fourth-order valence-corrected chi connectivity index (χ4v) is 3.04. The maximum absolute atomic E-state index is 12.1. The SMILES string of the molecule is N#Cc1ccc(CNC(=O)Cc2ccc3c(c2)CCCC3)cc1. The van der Waals surface area contributed by atoms with Gasteiger partial charge in [-0.25, -0.2) is 0 Å². The first-order valence-corrected chi connectivity index (χ1v) is 8.11. The minimum absolute atomic E-state index is 0.0325. The second kappa shape index (κ2) is 7.11. The number of nitriles is 1. The largest absolute Gasteiger partial charge is 0.352 e. The number of carbonyl (C=O) groups excluding carboxylic acids is 1. The number of hydrogen-bond acceptors (Lipinski definition) is 2. The van der Waals surface area contributed by atoms with Crippen LogP contribution in [-0.4, -0.2) is 5.91 Å². The molecule has 23 heavy (non-hydrogen) atoms. The van der Waals surface area contributed by atoms with Crippen molar-refractivity contribution < 1.29 is 4.79 Å². The number of amides is 1. The molecule has 3 rings (SSSR count). The molecule has 116 valence electrons. The predicted molar refractivity (Wildman–Crippen MR) is 89.8 cm³/mol. The first kappa shape index (κ1) is 15.3. The topological polar surface area (TPSA) is 52.9 Å². The molecule has 1 aliphatic rings. The summed E-state index contributed by atoms with van der Waals surface area (Å²) in [6.07, 6.45) is 5.25. The van der Waals surface area contributed by atoms with Crippen LogP contribution >= 0.6 is 0 Å². The Morgan fingerprint density at radius 3 is 2.43 bits per heavy atom. The summed E-state index contributed by atoms with van der Waals surface area (Å²) in [5, 5.41) is 11.7. The quantitative estimate of drug-likeness (QED) is 0.942. The van der Waals surface area contributed by atoms with Gasteiger partial charge in [0.2, 0.25) is 5.91 Å². The minimum Gasteiger partial charge on any atom is -0.352 e. The Morgan fingerprint density at radius 1 is 1.00 bits per heavy atom. The minimum atomic E-state index is 0.0325. The molecule has 1 amide bonds. The number of benzene rings is 2. The Morgan fingerprint density at radius 2 is 1.70 bits per heavy atom. The highest BCUT2D eigenvalue weighted by Crippen LogP contribution is 2.22. The standard InChI is InChI=1S/C20H20N2O/c21-13-15-5-7-16(8-6-15)14-22-20(23)12-17-9-10-18-3-1-2-4-19(18)11-17/h5-11H,1-4,12,14H2,(H,22,23). The Hall–Kier alpha value is -2.60. The van der Waals surface area contributed by atoms with Crippen LogP contribution in [0.15, 0.2) is 42.5 Å². The number of rotatable bonds is 4. The molecule has 0 fully saturated rings. The van der Waals surface area contributed by atoms with Crippen LogP contribution in [0, 0.1) is 11.3 Å². The van der Waals surface area contributed by atoms with E-state index in [4.69, 9.17) is 5.26 Å². The van der Waals surface area contributed by atoms with E-state index in [0.29, 0.717) is 18.5 Å². The lowest BCUT2D eigenvalue weighted by Gasteiger charge is -2.16. The molecule has 3 heteroatoms. The number of nitrogens with zero attached hydrogens (tertiary/aromatic N) is 1. The van der Waals surface area contributed by atoms with Crippen LogP contribution in [0.3, 0.4) is 0 Å². The number of nitrogens with one attached hydrogen (secondary N) is 1. The zero-order valence-electron chi connectivity index (χ0n) is 13.1. The lowest BCUT2D eigenvalue weighted by molar-refractivity contribution is -0.120. The number of carbonyl (C=O) groups is 1. The molecular formula is C20H20N2O. The molecule has 2 aromatic rings. The molecule has 0 aromatic heterocycles. The first-order chi connectivity index (χ1) is 11.2. The van der Waals surface area contributed by atoms with Crippen molar-refractivity contribution in [1.29, 1.82) is 5.26 Å². The summed E-state index contributed by atoms with van der Waals surface area (Å²) in [5.74, 6) is 0.0325. The lowest BCUT2D eigenvalue weighted by atomic mass is 9.90. The summed E-state index contributed by atoms with van der Waals surface area (Å²) in [6.45, 7) is 0.496. The van der Waals surface area contributed by atoms with Crippen LogP contribution in [0.4, 0.5) is 0 Å². The molecule has 0 atom stereocenters. The summed E-state index contributed by atoms with van der Waals surface area (Å²) in [7, 11) is 0. The Balaban J connectivity index is 1.55. The van der Waals surface area contributed by atoms with Crippen LogP contribution in [0.5, 0.6) is 0 Å². The summed E-state index contributed by atoms with van der Waals surface area (Å²) in [5.41, 5.74) is 5.58. The molecule has 1 N–H and O–H groups in total. The molecule has 0 spiro atoms. The van der Waals surface area contributed by atoms with Crippen molar-refractivity contribution in [2.45, 2.75) is 38.6 Å².